The number of rotatable bonds is 5. The van der Waals surface area contributed by atoms with Crippen molar-refractivity contribution in [2.45, 2.75) is 0 Å². The van der Waals surface area contributed by atoms with E-state index in [4.69, 9.17) is 9.47 Å². The molecule has 0 bridgehead atoms. The Balaban J connectivity index is 1.83. The van der Waals surface area contributed by atoms with E-state index in [1.165, 1.54) is 11.3 Å². The van der Waals surface area contributed by atoms with Gasteiger partial charge in [0, 0.05) is 40.8 Å². The molecule has 2 aromatic heterocycles. The highest BCUT2D eigenvalue weighted by atomic mass is 32.1. The molecule has 0 radical (unpaired) electrons. The fourth-order valence-electron chi connectivity index (χ4n) is 1.78. The average Bonchev–Trinajstić information content (AvgIpc) is 3.17. The molecule has 1 aromatic carbocycles. The molecule has 3 rings (SSSR count). The predicted molar refractivity (Wildman–Crippen MR) is 86.1 cm³/mol. The van der Waals surface area contributed by atoms with Gasteiger partial charge < -0.3 is 14.8 Å². The summed E-state index contributed by atoms with van der Waals surface area (Å²) in [7, 11) is 3.25. The molecule has 3 aromatic rings. The van der Waals surface area contributed by atoms with E-state index in [-0.39, 0.29) is 0 Å². The Hall–Kier alpha value is -2.12. The molecule has 21 heavy (non-hydrogen) atoms. The van der Waals surface area contributed by atoms with Crippen molar-refractivity contribution in [3.05, 3.63) is 35.2 Å². The summed E-state index contributed by atoms with van der Waals surface area (Å²) < 4.78 is 10.5. The van der Waals surface area contributed by atoms with Gasteiger partial charge in [0.1, 0.15) is 22.2 Å². The smallest absolute Gasteiger partial charge is 0.187 e. The number of ether oxygens (including phenoxy) is 2. The highest BCUT2D eigenvalue weighted by molar-refractivity contribution is 7.15. The lowest BCUT2D eigenvalue weighted by Gasteiger charge is -2.08. The summed E-state index contributed by atoms with van der Waals surface area (Å²) in [5, 5.41) is 8.90. The van der Waals surface area contributed by atoms with Crippen LogP contribution in [0.1, 0.15) is 0 Å². The minimum atomic E-state index is 0.730. The van der Waals surface area contributed by atoms with Crippen molar-refractivity contribution in [1.82, 2.24) is 9.97 Å². The third kappa shape index (κ3) is 3.14. The van der Waals surface area contributed by atoms with Gasteiger partial charge in [-0.25, -0.2) is 9.97 Å². The Kier molecular flexibility index (Phi) is 4.03. The SMILES string of the molecule is COc1cc(Nc2nc(-c3nccs3)cs2)cc(OC)c1. The third-order valence-electron chi connectivity index (χ3n) is 2.76. The Morgan fingerprint density at radius 2 is 1.81 bits per heavy atom. The maximum absolute atomic E-state index is 5.25. The summed E-state index contributed by atoms with van der Waals surface area (Å²) in [6.07, 6.45) is 1.78. The van der Waals surface area contributed by atoms with Crippen molar-refractivity contribution in [3.63, 3.8) is 0 Å². The number of thiazole rings is 2. The van der Waals surface area contributed by atoms with E-state index < -0.39 is 0 Å². The number of aromatic nitrogens is 2. The average molecular weight is 319 g/mol. The third-order valence-corrected chi connectivity index (χ3v) is 4.31. The van der Waals surface area contributed by atoms with Gasteiger partial charge in [0.25, 0.3) is 0 Å². The van der Waals surface area contributed by atoms with Crippen molar-refractivity contribution in [2.24, 2.45) is 0 Å². The molecular formula is C14H13N3O2S2. The Morgan fingerprint density at radius 1 is 1.05 bits per heavy atom. The number of benzene rings is 1. The van der Waals surface area contributed by atoms with Crippen molar-refractivity contribution in [3.8, 4) is 22.2 Å². The van der Waals surface area contributed by atoms with Crippen LogP contribution < -0.4 is 14.8 Å². The van der Waals surface area contributed by atoms with Crippen LogP contribution in [0.3, 0.4) is 0 Å². The van der Waals surface area contributed by atoms with Crippen LogP contribution in [-0.2, 0) is 0 Å². The molecule has 0 spiro atoms. The van der Waals surface area contributed by atoms with Crippen LogP contribution >= 0.6 is 22.7 Å². The van der Waals surface area contributed by atoms with Gasteiger partial charge >= 0.3 is 0 Å². The molecule has 0 saturated heterocycles. The van der Waals surface area contributed by atoms with Gasteiger partial charge in [-0.1, -0.05) is 0 Å². The fraction of sp³-hybridized carbons (Fsp3) is 0.143. The van der Waals surface area contributed by atoms with Crippen LogP contribution in [0.2, 0.25) is 0 Å². The predicted octanol–water partition coefficient (Wildman–Crippen LogP) is 4.03. The van der Waals surface area contributed by atoms with Gasteiger partial charge in [-0.05, 0) is 0 Å². The molecular weight excluding hydrogens is 306 g/mol. The lowest BCUT2D eigenvalue weighted by Crippen LogP contribution is -1.93. The summed E-state index contributed by atoms with van der Waals surface area (Å²) in [4.78, 5) is 8.79. The van der Waals surface area contributed by atoms with Gasteiger partial charge in [0.2, 0.25) is 0 Å². The molecule has 2 heterocycles. The van der Waals surface area contributed by atoms with E-state index in [0.717, 1.165) is 33.0 Å². The van der Waals surface area contributed by atoms with Crippen LogP contribution in [0.5, 0.6) is 11.5 Å². The summed E-state index contributed by atoms with van der Waals surface area (Å²) in [6.45, 7) is 0. The van der Waals surface area contributed by atoms with Crippen LogP contribution in [-0.4, -0.2) is 24.2 Å². The van der Waals surface area contributed by atoms with Crippen LogP contribution in [0.15, 0.2) is 35.2 Å². The second kappa shape index (κ2) is 6.11. The zero-order valence-corrected chi connectivity index (χ0v) is 13.1. The van der Waals surface area contributed by atoms with Gasteiger partial charge in [0.05, 0.1) is 14.2 Å². The van der Waals surface area contributed by atoms with Crippen LogP contribution in [0.25, 0.3) is 10.7 Å². The lowest BCUT2D eigenvalue weighted by atomic mass is 10.3. The number of hydrogen-bond donors (Lipinski definition) is 1. The summed E-state index contributed by atoms with van der Waals surface area (Å²) in [6, 6.07) is 5.62. The Bertz CT molecular complexity index is 703. The van der Waals surface area contributed by atoms with E-state index in [1.807, 2.05) is 29.0 Å². The highest BCUT2D eigenvalue weighted by Crippen LogP contribution is 2.31. The minimum Gasteiger partial charge on any atom is -0.497 e. The topological polar surface area (TPSA) is 56.3 Å². The summed E-state index contributed by atoms with van der Waals surface area (Å²) in [5.41, 5.74) is 1.75. The summed E-state index contributed by atoms with van der Waals surface area (Å²) in [5.74, 6) is 1.46. The highest BCUT2D eigenvalue weighted by Gasteiger charge is 2.08. The summed E-state index contributed by atoms with van der Waals surface area (Å²) >= 11 is 3.11. The number of hydrogen-bond acceptors (Lipinski definition) is 7. The standard InChI is InChI=1S/C14H13N3O2S2/c1-18-10-5-9(6-11(7-10)19-2)16-14-17-12(8-21-14)13-15-3-4-20-13/h3-8H,1-2H3,(H,16,17). The van der Waals surface area contributed by atoms with Gasteiger partial charge in [-0.2, -0.15) is 0 Å². The number of methoxy groups -OCH3 is 2. The molecule has 0 aliphatic heterocycles. The van der Waals surface area contributed by atoms with Crippen molar-refractivity contribution >= 4 is 33.5 Å². The monoisotopic (exact) mass is 319 g/mol. The maximum Gasteiger partial charge on any atom is 0.187 e. The van der Waals surface area contributed by atoms with E-state index in [9.17, 15) is 0 Å². The first kappa shape index (κ1) is 13.8. The Labute approximate surface area is 130 Å². The zero-order chi connectivity index (χ0) is 14.7. The van der Waals surface area contributed by atoms with E-state index in [0.29, 0.717) is 0 Å². The molecule has 108 valence electrons. The number of nitrogens with zero attached hydrogens (tertiary/aromatic N) is 2. The second-order valence-electron chi connectivity index (χ2n) is 4.10. The first-order chi connectivity index (χ1) is 10.3. The number of nitrogens with one attached hydrogen (secondary N) is 1. The maximum atomic E-state index is 5.25. The van der Waals surface area contributed by atoms with Crippen molar-refractivity contribution in [1.29, 1.82) is 0 Å². The molecule has 7 heteroatoms. The molecule has 0 unspecified atom stereocenters. The number of anilines is 2. The van der Waals surface area contributed by atoms with Gasteiger partial charge in [-0.3, -0.25) is 0 Å². The van der Waals surface area contributed by atoms with E-state index in [2.05, 4.69) is 15.3 Å². The van der Waals surface area contributed by atoms with Crippen LogP contribution in [0, 0.1) is 0 Å². The van der Waals surface area contributed by atoms with E-state index >= 15 is 0 Å². The first-order valence-corrected chi connectivity index (χ1v) is 7.90. The molecule has 0 aliphatic rings. The quantitative estimate of drug-likeness (QED) is 0.769. The normalized spacial score (nSPS) is 10.4. The minimum absolute atomic E-state index is 0.730. The first-order valence-electron chi connectivity index (χ1n) is 6.14. The van der Waals surface area contributed by atoms with Gasteiger partial charge in [-0.15, -0.1) is 22.7 Å². The molecule has 5 nitrogen and oxygen atoms in total. The molecule has 0 aliphatic carbocycles. The van der Waals surface area contributed by atoms with Crippen molar-refractivity contribution in [2.75, 3.05) is 19.5 Å². The fourth-order valence-corrected chi connectivity index (χ4v) is 3.17. The zero-order valence-electron chi connectivity index (χ0n) is 11.5. The molecule has 0 amide bonds. The molecule has 0 atom stereocenters. The van der Waals surface area contributed by atoms with Crippen molar-refractivity contribution < 1.29 is 9.47 Å². The largest absolute Gasteiger partial charge is 0.497 e. The Morgan fingerprint density at radius 3 is 2.43 bits per heavy atom. The molecule has 1 N–H and O–H groups in total. The lowest BCUT2D eigenvalue weighted by molar-refractivity contribution is 0.395. The molecule has 0 fully saturated rings. The van der Waals surface area contributed by atoms with E-state index in [1.54, 1.807) is 31.8 Å². The molecule has 0 saturated carbocycles. The second-order valence-corrected chi connectivity index (χ2v) is 5.85. The van der Waals surface area contributed by atoms with Gasteiger partial charge in [0.15, 0.2) is 5.13 Å². The van der Waals surface area contributed by atoms with Crippen LogP contribution in [0.4, 0.5) is 10.8 Å².